The lowest BCUT2D eigenvalue weighted by Crippen LogP contribution is -2.36. The minimum absolute atomic E-state index is 0.369. The molecule has 0 amide bonds. The first-order chi connectivity index (χ1) is 15.2. The smallest absolute Gasteiger partial charge is 0.192 e. The molecule has 1 aromatic carbocycles. The number of nitrogens with zero attached hydrogens (tertiary/aromatic N) is 4. The number of aromatic amines is 1. The average Bonchev–Trinajstić information content (AvgIpc) is 3.47. The minimum atomic E-state index is 0.369. The highest BCUT2D eigenvalue weighted by molar-refractivity contribution is 5.79. The summed E-state index contributed by atoms with van der Waals surface area (Å²) in [7, 11) is 1.64. The zero-order valence-electron chi connectivity index (χ0n) is 18.6. The Bertz CT molecular complexity index is 958. The second kappa shape index (κ2) is 11.1. The third kappa shape index (κ3) is 6.07. The molecule has 166 valence electrons. The second-order valence-corrected chi connectivity index (χ2v) is 7.11. The fourth-order valence-electron chi connectivity index (χ4n) is 3.21. The van der Waals surface area contributed by atoms with Crippen LogP contribution in [-0.2, 0) is 13.1 Å². The van der Waals surface area contributed by atoms with E-state index in [0.717, 1.165) is 42.2 Å². The van der Waals surface area contributed by atoms with Crippen molar-refractivity contribution in [2.75, 3.05) is 13.7 Å². The Balaban J connectivity index is 1.60. The summed E-state index contributed by atoms with van der Waals surface area (Å²) in [6.07, 6.45) is 2.10. The number of benzene rings is 1. The number of rotatable bonds is 10. The summed E-state index contributed by atoms with van der Waals surface area (Å²) in [5.74, 6) is 3.99. The van der Waals surface area contributed by atoms with Crippen LogP contribution >= 0.6 is 0 Å². The summed E-state index contributed by atoms with van der Waals surface area (Å²) in [6.45, 7) is 7.97. The van der Waals surface area contributed by atoms with Gasteiger partial charge in [0.25, 0.3) is 0 Å². The summed E-state index contributed by atoms with van der Waals surface area (Å²) >= 11 is 0. The van der Waals surface area contributed by atoms with Gasteiger partial charge in [-0.2, -0.15) is 5.10 Å². The molecular weight excluding hydrogens is 394 g/mol. The molecule has 0 aliphatic rings. The van der Waals surface area contributed by atoms with Crippen LogP contribution in [-0.4, -0.2) is 40.0 Å². The molecule has 0 unspecified atom stereocenters. The summed E-state index contributed by atoms with van der Waals surface area (Å²) in [6, 6.07) is 9.64. The Morgan fingerprint density at radius 3 is 2.61 bits per heavy atom. The molecule has 3 N–H and O–H groups in total. The highest BCUT2D eigenvalue weighted by Crippen LogP contribution is 2.22. The quantitative estimate of drug-likeness (QED) is 0.336. The Labute approximate surface area is 182 Å². The van der Waals surface area contributed by atoms with Crippen molar-refractivity contribution in [1.29, 1.82) is 0 Å². The monoisotopic (exact) mass is 425 g/mol. The van der Waals surface area contributed by atoms with Crippen LogP contribution in [0.2, 0.25) is 0 Å². The number of hydrogen-bond acceptors (Lipinski definition) is 6. The highest BCUT2D eigenvalue weighted by atomic mass is 16.5. The van der Waals surface area contributed by atoms with E-state index in [4.69, 9.17) is 9.26 Å². The van der Waals surface area contributed by atoms with Crippen LogP contribution in [0.15, 0.2) is 39.8 Å². The summed E-state index contributed by atoms with van der Waals surface area (Å²) in [4.78, 5) is 9.12. The van der Waals surface area contributed by atoms with Crippen LogP contribution in [0.5, 0.6) is 5.75 Å². The Morgan fingerprint density at radius 2 is 1.94 bits per heavy atom. The van der Waals surface area contributed by atoms with Crippen LogP contribution in [0.25, 0.3) is 11.4 Å². The molecule has 3 aromatic rings. The molecule has 9 heteroatoms. The molecule has 2 heterocycles. The van der Waals surface area contributed by atoms with Gasteiger partial charge in [-0.05, 0) is 44.0 Å². The normalized spacial score (nSPS) is 11.7. The predicted molar refractivity (Wildman–Crippen MR) is 120 cm³/mol. The van der Waals surface area contributed by atoms with E-state index in [1.54, 1.807) is 7.11 Å². The van der Waals surface area contributed by atoms with Crippen LogP contribution in [0, 0.1) is 0 Å². The van der Waals surface area contributed by atoms with E-state index in [2.05, 4.69) is 49.8 Å². The van der Waals surface area contributed by atoms with Crippen molar-refractivity contribution >= 4 is 5.96 Å². The third-order valence-corrected chi connectivity index (χ3v) is 5.02. The number of aliphatic imine (C=N–C) groups is 1. The largest absolute Gasteiger partial charge is 0.497 e. The van der Waals surface area contributed by atoms with Gasteiger partial charge in [0.1, 0.15) is 18.1 Å². The number of nitrogens with one attached hydrogen (secondary N) is 3. The number of ether oxygens (including phenoxy) is 1. The van der Waals surface area contributed by atoms with E-state index >= 15 is 0 Å². The first-order valence-corrected chi connectivity index (χ1v) is 10.7. The van der Waals surface area contributed by atoms with Gasteiger partial charge in [-0.15, -0.1) is 0 Å². The fraction of sp³-hybridized carbons (Fsp3) is 0.455. The maximum absolute atomic E-state index is 5.48. The minimum Gasteiger partial charge on any atom is -0.497 e. The molecule has 0 radical (unpaired) electrons. The number of hydrogen-bond donors (Lipinski definition) is 3. The number of H-pyrrole nitrogens is 1. The molecule has 0 atom stereocenters. The van der Waals surface area contributed by atoms with Crippen molar-refractivity contribution in [2.24, 2.45) is 4.99 Å². The van der Waals surface area contributed by atoms with Crippen molar-refractivity contribution < 1.29 is 9.26 Å². The summed E-state index contributed by atoms with van der Waals surface area (Å²) < 4.78 is 10.7. The lowest BCUT2D eigenvalue weighted by molar-refractivity contribution is 0.368. The second-order valence-electron chi connectivity index (χ2n) is 7.11. The molecule has 0 aliphatic heterocycles. The van der Waals surface area contributed by atoms with Crippen LogP contribution < -0.4 is 15.4 Å². The Kier molecular flexibility index (Phi) is 8.03. The van der Waals surface area contributed by atoms with Crippen LogP contribution in [0.4, 0.5) is 0 Å². The Hall–Kier alpha value is -3.36. The molecule has 0 spiro atoms. The van der Waals surface area contributed by atoms with Gasteiger partial charge in [-0.25, -0.2) is 9.98 Å². The standard InChI is InChI=1S/C22H31N7O2/c1-5-15(6-2)19-12-18(31-29-19)13-24-22(23-7-3)25-14-20-26-21(28-27-20)16-8-10-17(30-4)11-9-16/h8-12,15H,5-7,13-14H2,1-4H3,(H2,23,24,25)(H,26,27,28). The maximum atomic E-state index is 5.48. The van der Waals surface area contributed by atoms with Crippen molar-refractivity contribution in [3.05, 3.63) is 47.6 Å². The molecule has 0 fully saturated rings. The van der Waals surface area contributed by atoms with Gasteiger partial charge < -0.3 is 19.9 Å². The number of aromatic nitrogens is 4. The Morgan fingerprint density at radius 1 is 1.16 bits per heavy atom. The van der Waals surface area contributed by atoms with E-state index in [9.17, 15) is 0 Å². The molecule has 2 aromatic heterocycles. The van der Waals surface area contributed by atoms with Crippen molar-refractivity contribution in [1.82, 2.24) is 31.0 Å². The molecule has 0 bridgehead atoms. The SMILES string of the molecule is CCNC(=NCc1nc(-c2ccc(OC)cc2)n[nH]1)NCc1cc(C(CC)CC)no1. The molecule has 31 heavy (non-hydrogen) atoms. The molecular formula is C22H31N7O2. The highest BCUT2D eigenvalue weighted by Gasteiger charge is 2.13. The van der Waals surface area contributed by atoms with Crippen LogP contribution in [0.3, 0.4) is 0 Å². The zero-order chi connectivity index (χ0) is 22.1. The van der Waals surface area contributed by atoms with Crippen molar-refractivity contribution in [2.45, 2.75) is 52.6 Å². The van der Waals surface area contributed by atoms with E-state index in [-0.39, 0.29) is 0 Å². The molecule has 0 saturated carbocycles. The van der Waals surface area contributed by atoms with Gasteiger partial charge in [-0.1, -0.05) is 19.0 Å². The van der Waals surface area contributed by atoms with E-state index in [1.807, 2.05) is 37.3 Å². The first kappa shape index (κ1) is 22.3. The molecule has 0 saturated heterocycles. The fourth-order valence-corrected chi connectivity index (χ4v) is 3.21. The predicted octanol–water partition coefficient (Wildman–Crippen LogP) is 3.63. The first-order valence-electron chi connectivity index (χ1n) is 10.7. The van der Waals surface area contributed by atoms with Gasteiger partial charge in [-0.3, -0.25) is 5.10 Å². The van der Waals surface area contributed by atoms with Gasteiger partial charge >= 0.3 is 0 Å². The third-order valence-electron chi connectivity index (χ3n) is 5.02. The molecule has 0 aliphatic carbocycles. The number of guanidine groups is 1. The average molecular weight is 426 g/mol. The maximum Gasteiger partial charge on any atom is 0.192 e. The van der Waals surface area contributed by atoms with E-state index in [1.165, 1.54) is 0 Å². The lowest BCUT2D eigenvalue weighted by atomic mass is 9.99. The molecule has 3 rings (SSSR count). The van der Waals surface area contributed by atoms with Gasteiger partial charge in [0.05, 0.1) is 19.3 Å². The van der Waals surface area contributed by atoms with Gasteiger partial charge in [0.2, 0.25) is 0 Å². The summed E-state index contributed by atoms with van der Waals surface area (Å²) in [5, 5.41) is 17.9. The van der Waals surface area contributed by atoms with Gasteiger partial charge in [0, 0.05) is 24.1 Å². The van der Waals surface area contributed by atoms with Crippen LogP contribution in [0.1, 0.15) is 56.8 Å². The number of methoxy groups -OCH3 is 1. The lowest BCUT2D eigenvalue weighted by Gasteiger charge is -2.09. The topological polar surface area (TPSA) is 113 Å². The zero-order valence-corrected chi connectivity index (χ0v) is 18.6. The molecule has 9 nitrogen and oxygen atoms in total. The van der Waals surface area contributed by atoms with Gasteiger partial charge in [0.15, 0.2) is 17.5 Å². The summed E-state index contributed by atoms with van der Waals surface area (Å²) in [5.41, 5.74) is 1.92. The van der Waals surface area contributed by atoms with Crippen molar-refractivity contribution in [3.8, 4) is 17.1 Å². The van der Waals surface area contributed by atoms with E-state index in [0.29, 0.717) is 36.6 Å². The van der Waals surface area contributed by atoms with E-state index < -0.39 is 0 Å². The van der Waals surface area contributed by atoms with Crippen molar-refractivity contribution in [3.63, 3.8) is 0 Å².